The molecule has 1 spiro atoms. The van der Waals surface area contributed by atoms with E-state index in [0.29, 0.717) is 0 Å². The van der Waals surface area contributed by atoms with Gasteiger partial charge in [-0.15, -0.1) is 0 Å². The van der Waals surface area contributed by atoms with Crippen LogP contribution in [0.4, 0.5) is 0 Å². The molecule has 94 valence electrons. The number of benzene rings is 1. The summed E-state index contributed by atoms with van der Waals surface area (Å²) in [4.78, 5) is 5.39. The Balaban J connectivity index is 1.99. The zero-order chi connectivity index (χ0) is 12.2. The molecule has 2 atom stereocenters. The maximum atomic E-state index is 3.73. The summed E-state index contributed by atoms with van der Waals surface area (Å²) in [5, 5.41) is 4.02. The highest BCUT2D eigenvalue weighted by Crippen LogP contribution is 2.31. The van der Waals surface area contributed by atoms with E-state index in [1.165, 1.54) is 48.9 Å². The summed E-state index contributed by atoms with van der Waals surface area (Å²) >= 11 is 0. The molecule has 3 heteroatoms. The molecule has 0 amide bonds. The van der Waals surface area contributed by atoms with Crippen molar-refractivity contribution in [2.24, 2.45) is 0 Å². The quantitative estimate of drug-likeness (QED) is 0.571. The second kappa shape index (κ2) is 3.59. The summed E-state index contributed by atoms with van der Waals surface area (Å²) in [6.45, 7) is 2.53. The van der Waals surface area contributed by atoms with Crippen LogP contribution >= 0.6 is 0 Å². The summed E-state index contributed by atoms with van der Waals surface area (Å²) in [5.41, 5.74) is 4.67. The smallest absolute Gasteiger partial charge is 0.262 e. The molecule has 2 aliphatic heterocycles. The molecular formula is C15H21N3+2. The largest absolute Gasteiger partial charge is 0.348 e. The van der Waals surface area contributed by atoms with Gasteiger partial charge in [0.25, 0.3) is 5.66 Å². The van der Waals surface area contributed by atoms with Crippen molar-refractivity contribution in [3.63, 3.8) is 0 Å². The first-order chi connectivity index (χ1) is 8.81. The molecule has 0 aliphatic carbocycles. The number of likely N-dealkylation sites (tertiary alicyclic amines) is 1. The van der Waals surface area contributed by atoms with Gasteiger partial charge in [-0.05, 0) is 11.6 Å². The van der Waals surface area contributed by atoms with Gasteiger partial charge in [-0.1, -0.05) is 18.2 Å². The third kappa shape index (κ3) is 1.21. The Morgan fingerprint density at radius 3 is 3.06 bits per heavy atom. The third-order valence-electron chi connectivity index (χ3n) is 5.03. The number of para-hydroxylation sites is 1. The van der Waals surface area contributed by atoms with Crippen LogP contribution in [0.3, 0.4) is 0 Å². The Morgan fingerprint density at radius 1 is 1.33 bits per heavy atom. The molecule has 4 N–H and O–H groups in total. The second-order valence-corrected chi connectivity index (χ2v) is 5.87. The molecule has 3 heterocycles. The van der Waals surface area contributed by atoms with Crippen molar-refractivity contribution in [2.45, 2.75) is 24.9 Å². The summed E-state index contributed by atoms with van der Waals surface area (Å²) in [6, 6.07) is 8.78. The topological polar surface area (TPSA) is 36.8 Å². The first kappa shape index (κ1) is 10.6. The molecule has 4 rings (SSSR count). The molecule has 2 aliphatic rings. The number of nitrogens with one attached hydrogen (secondary N) is 2. The van der Waals surface area contributed by atoms with Crippen molar-refractivity contribution in [1.82, 2.24) is 4.98 Å². The van der Waals surface area contributed by atoms with Crippen LogP contribution in [0.5, 0.6) is 0 Å². The number of aromatic amines is 1. The highest BCUT2D eigenvalue weighted by molar-refractivity contribution is 5.85. The van der Waals surface area contributed by atoms with E-state index in [4.69, 9.17) is 0 Å². The van der Waals surface area contributed by atoms with Gasteiger partial charge in [0, 0.05) is 23.7 Å². The molecule has 3 nitrogen and oxygen atoms in total. The molecule has 18 heavy (non-hydrogen) atoms. The Hall–Kier alpha value is -1.32. The van der Waals surface area contributed by atoms with E-state index in [1.807, 2.05) is 0 Å². The first-order valence-electron chi connectivity index (χ1n) is 7.08. The van der Waals surface area contributed by atoms with Gasteiger partial charge in [-0.25, -0.2) is 0 Å². The molecule has 0 radical (unpaired) electrons. The number of quaternary nitrogens is 2. The highest BCUT2D eigenvalue weighted by Gasteiger charge is 2.52. The van der Waals surface area contributed by atoms with Gasteiger partial charge in [0.1, 0.15) is 5.69 Å². The fourth-order valence-corrected chi connectivity index (χ4v) is 4.09. The number of hydrogen-bond acceptors (Lipinski definition) is 0. The van der Waals surface area contributed by atoms with E-state index in [2.05, 4.69) is 41.6 Å². The molecule has 1 fully saturated rings. The van der Waals surface area contributed by atoms with Crippen molar-refractivity contribution in [1.29, 1.82) is 0 Å². The van der Waals surface area contributed by atoms with Crippen LogP contribution in [0.1, 0.15) is 24.1 Å². The lowest BCUT2D eigenvalue weighted by Crippen LogP contribution is -3.28. The van der Waals surface area contributed by atoms with Crippen molar-refractivity contribution in [3.05, 3.63) is 35.5 Å². The number of fused-ring (bicyclic) bond motifs is 4. The maximum Gasteiger partial charge on any atom is 0.262 e. The van der Waals surface area contributed by atoms with Crippen LogP contribution in [0, 0.1) is 0 Å². The Morgan fingerprint density at radius 2 is 2.22 bits per heavy atom. The lowest BCUT2D eigenvalue weighted by Gasteiger charge is -2.33. The molecular weight excluding hydrogens is 222 g/mol. The molecule has 0 bridgehead atoms. The van der Waals surface area contributed by atoms with Crippen LogP contribution < -0.4 is 10.2 Å². The van der Waals surface area contributed by atoms with E-state index < -0.39 is 0 Å². The minimum absolute atomic E-state index is 0.270. The number of rotatable bonds is 0. The van der Waals surface area contributed by atoms with Gasteiger partial charge in [0.15, 0.2) is 0 Å². The fourth-order valence-electron chi connectivity index (χ4n) is 4.09. The zero-order valence-electron chi connectivity index (χ0n) is 10.9. The van der Waals surface area contributed by atoms with Crippen LogP contribution in [-0.4, -0.2) is 25.1 Å². The van der Waals surface area contributed by atoms with Gasteiger partial charge in [0.05, 0.1) is 26.6 Å². The van der Waals surface area contributed by atoms with Crippen molar-refractivity contribution < 1.29 is 10.2 Å². The Bertz CT molecular complexity index is 601. The van der Waals surface area contributed by atoms with Gasteiger partial charge < -0.3 is 4.98 Å². The maximum absolute atomic E-state index is 3.73. The third-order valence-corrected chi connectivity index (χ3v) is 5.03. The van der Waals surface area contributed by atoms with Gasteiger partial charge in [-0.2, -0.15) is 0 Å². The van der Waals surface area contributed by atoms with Crippen molar-refractivity contribution in [2.75, 3.05) is 20.1 Å². The number of nitrogens with two attached hydrogens (primary N) is 1. The summed E-state index contributed by atoms with van der Waals surface area (Å²) in [7, 11) is 2.35. The Labute approximate surface area is 107 Å². The van der Waals surface area contributed by atoms with Crippen molar-refractivity contribution in [3.8, 4) is 0 Å². The van der Waals surface area contributed by atoms with E-state index in [0.717, 1.165) is 0 Å². The van der Waals surface area contributed by atoms with Crippen LogP contribution in [0.25, 0.3) is 10.9 Å². The standard InChI is InChI=1S/C15H19N3/c1-18-10-4-8-15(18)14-12(7-9-16-15)11-5-2-3-6-13(11)17-14/h2-3,5-6,16-17H,4,7-10H2,1H3/p+2/t15-/m0/s1. The number of hydrogen-bond donors (Lipinski definition) is 3. The number of aromatic nitrogens is 1. The predicted octanol–water partition coefficient (Wildman–Crippen LogP) is -0.251. The van der Waals surface area contributed by atoms with Gasteiger partial charge in [0.2, 0.25) is 0 Å². The average Bonchev–Trinajstić information content (AvgIpc) is 2.94. The summed E-state index contributed by atoms with van der Waals surface area (Å²) in [6.07, 6.45) is 3.85. The SMILES string of the molecule is C[NH+]1CCC[C@]12[NH2+]CCc1c2[nH]c2ccccc12. The molecule has 0 saturated carbocycles. The predicted molar refractivity (Wildman–Crippen MR) is 71.5 cm³/mol. The van der Waals surface area contributed by atoms with Crippen molar-refractivity contribution >= 4 is 10.9 Å². The lowest BCUT2D eigenvalue weighted by atomic mass is 9.92. The first-order valence-corrected chi connectivity index (χ1v) is 7.08. The zero-order valence-corrected chi connectivity index (χ0v) is 10.9. The molecule has 1 aromatic carbocycles. The van der Waals surface area contributed by atoms with Crippen LogP contribution in [0.2, 0.25) is 0 Å². The molecule has 1 aromatic heterocycles. The summed E-state index contributed by atoms with van der Waals surface area (Å²) in [5.74, 6) is 0. The van der Waals surface area contributed by atoms with Crippen LogP contribution in [-0.2, 0) is 12.1 Å². The minimum atomic E-state index is 0.270. The van der Waals surface area contributed by atoms with Crippen LogP contribution in [0.15, 0.2) is 24.3 Å². The van der Waals surface area contributed by atoms with E-state index in [1.54, 1.807) is 10.5 Å². The highest BCUT2D eigenvalue weighted by atomic mass is 15.3. The second-order valence-electron chi connectivity index (χ2n) is 5.87. The Kier molecular flexibility index (Phi) is 2.11. The van der Waals surface area contributed by atoms with E-state index in [-0.39, 0.29) is 5.66 Å². The van der Waals surface area contributed by atoms with Gasteiger partial charge in [-0.3, -0.25) is 10.2 Å². The fraction of sp³-hybridized carbons (Fsp3) is 0.467. The molecule has 1 saturated heterocycles. The van der Waals surface area contributed by atoms with E-state index in [9.17, 15) is 0 Å². The summed E-state index contributed by atoms with van der Waals surface area (Å²) < 4.78 is 0. The van der Waals surface area contributed by atoms with Gasteiger partial charge >= 0.3 is 0 Å². The molecule has 1 unspecified atom stereocenters. The monoisotopic (exact) mass is 243 g/mol. The van der Waals surface area contributed by atoms with E-state index >= 15 is 0 Å². The lowest BCUT2D eigenvalue weighted by molar-refractivity contribution is -1.07. The number of H-pyrrole nitrogens is 1. The molecule has 2 aromatic rings. The normalized spacial score (nSPS) is 31.1. The minimum Gasteiger partial charge on any atom is -0.348 e. The average molecular weight is 243 g/mol.